The number of ether oxygens (including phenoxy) is 1. The van der Waals surface area contributed by atoms with Crippen LogP contribution in [0.5, 0.6) is 17.2 Å². The van der Waals surface area contributed by atoms with E-state index in [0.717, 1.165) is 5.01 Å². The third-order valence-corrected chi connectivity index (χ3v) is 6.27. The summed E-state index contributed by atoms with van der Waals surface area (Å²) in [4.78, 5) is -0.156. The SMILES string of the molecule is COc1ccc(O)cc1N(N)/C(C)=C(\N)S(=O)(=O)c1ccc(C(C)(C)C)c(O)c1. The van der Waals surface area contributed by atoms with Gasteiger partial charge in [0.15, 0.2) is 5.03 Å². The molecule has 0 fully saturated rings. The second kappa shape index (κ2) is 7.84. The quantitative estimate of drug-likeness (QED) is 0.427. The monoisotopic (exact) mass is 421 g/mol. The molecule has 0 amide bonds. The molecule has 0 saturated heterocycles. The van der Waals surface area contributed by atoms with Crippen LogP contribution in [0, 0.1) is 0 Å². The van der Waals surface area contributed by atoms with E-state index in [1.54, 1.807) is 6.07 Å². The van der Waals surface area contributed by atoms with Crippen molar-refractivity contribution in [3.8, 4) is 17.2 Å². The van der Waals surface area contributed by atoms with Gasteiger partial charge in [0.2, 0.25) is 9.84 Å². The van der Waals surface area contributed by atoms with Gasteiger partial charge in [-0.25, -0.2) is 14.3 Å². The number of aromatic hydroxyl groups is 2. The van der Waals surface area contributed by atoms with E-state index in [-0.39, 0.29) is 33.2 Å². The predicted octanol–water partition coefficient (Wildman–Crippen LogP) is 2.71. The van der Waals surface area contributed by atoms with Crippen LogP contribution < -0.4 is 21.3 Å². The molecule has 0 heterocycles. The average Bonchev–Trinajstić information content (AvgIpc) is 2.64. The van der Waals surface area contributed by atoms with Crippen molar-refractivity contribution in [2.45, 2.75) is 38.0 Å². The largest absolute Gasteiger partial charge is 0.508 e. The lowest BCUT2D eigenvalue weighted by Gasteiger charge is -2.24. The normalized spacial score (nSPS) is 13.0. The van der Waals surface area contributed by atoms with Crippen molar-refractivity contribution in [1.29, 1.82) is 0 Å². The Morgan fingerprint density at radius 3 is 2.24 bits per heavy atom. The summed E-state index contributed by atoms with van der Waals surface area (Å²) in [5.41, 5.74) is 6.46. The average molecular weight is 422 g/mol. The maximum Gasteiger partial charge on any atom is 0.223 e. The molecule has 2 aromatic rings. The van der Waals surface area contributed by atoms with E-state index in [9.17, 15) is 18.6 Å². The molecule has 6 N–H and O–H groups in total. The summed E-state index contributed by atoms with van der Waals surface area (Å²) in [5.74, 6) is 6.17. The standard InChI is InChI=1S/C20H27N3O5S/c1-12(23(22)16-10-13(24)6-9-18(16)28-5)19(21)29(26,27)14-7-8-15(17(25)11-14)20(2,3)4/h6-11,24-25H,21-22H2,1-5H3/b19-12+. The zero-order valence-corrected chi connectivity index (χ0v) is 17.9. The van der Waals surface area contributed by atoms with Crippen LogP contribution >= 0.6 is 0 Å². The Morgan fingerprint density at radius 1 is 1.10 bits per heavy atom. The molecule has 0 saturated carbocycles. The van der Waals surface area contributed by atoms with Gasteiger partial charge in [0.05, 0.1) is 17.7 Å². The number of hydrogen-bond acceptors (Lipinski definition) is 8. The number of nitrogens with two attached hydrogens (primary N) is 2. The molecule has 8 nitrogen and oxygen atoms in total. The van der Waals surface area contributed by atoms with E-state index >= 15 is 0 Å². The Morgan fingerprint density at radius 2 is 1.72 bits per heavy atom. The number of phenolic OH excluding ortho intramolecular Hbond substituents is 2. The molecule has 2 rings (SSSR count). The van der Waals surface area contributed by atoms with E-state index in [1.165, 1.54) is 44.4 Å². The van der Waals surface area contributed by atoms with E-state index in [0.29, 0.717) is 11.3 Å². The number of hydrogen-bond donors (Lipinski definition) is 4. The molecule has 2 aromatic carbocycles. The lowest BCUT2D eigenvalue weighted by molar-refractivity contribution is 0.412. The molecule has 29 heavy (non-hydrogen) atoms. The summed E-state index contributed by atoms with van der Waals surface area (Å²) in [7, 11) is -2.71. The second-order valence-electron chi connectivity index (χ2n) is 7.61. The number of benzene rings is 2. The van der Waals surface area contributed by atoms with Crippen molar-refractivity contribution < 1.29 is 23.4 Å². The molecule has 0 aliphatic carbocycles. The van der Waals surface area contributed by atoms with Gasteiger partial charge in [0.25, 0.3) is 0 Å². The summed E-state index contributed by atoms with van der Waals surface area (Å²) in [5, 5.41) is 20.6. The van der Waals surface area contributed by atoms with E-state index in [1.807, 2.05) is 20.8 Å². The van der Waals surface area contributed by atoms with Crippen LogP contribution in [-0.4, -0.2) is 25.7 Å². The van der Waals surface area contributed by atoms with Gasteiger partial charge in [-0.1, -0.05) is 26.8 Å². The van der Waals surface area contributed by atoms with Crippen molar-refractivity contribution in [2.75, 3.05) is 12.1 Å². The first kappa shape index (κ1) is 22.4. The Kier molecular flexibility index (Phi) is 6.05. The smallest absolute Gasteiger partial charge is 0.223 e. The predicted molar refractivity (Wildman–Crippen MR) is 112 cm³/mol. The number of allylic oxidation sites excluding steroid dienone is 1. The minimum atomic E-state index is -4.13. The Labute approximate surface area is 170 Å². The van der Waals surface area contributed by atoms with Crippen molar-refractivity contribution in [3.63, 3.8) is 0 Å². The van der Waals surface area contributed by atoms with Gasteiger partial charge < -0.3 is 20.7 Å². The molecular weight excluding hydrogens is 394 g/mol. The third-order valence-electron chi connectivity index (χ3n) is 4.52. The van der Waals surface area contributed by atoms with Crippen LogP contribution in [0.1, 0.15) is 33.3 Å². The number of sulfone groups is 1. The minimum absolute atomic E-state index is 0.0216. The number of phenols is 2. The Hall–Kier alpha value is -2.91. The van der Waals surface area contributed by atoms with E-state index < -0.39 is 14.9 Å². The Bertz CT molecular complexity index is 1060. The molecule has 0 atom stereocenters. The molecule has 158 valence electrons. The molecule has 0 unspecified atom stereocenters. The summed E-state index contributed by atoms with van der Waals surface area (Å²) >= 11 is 0. The number of hydrazine groups is 1. The maximum absolute atomic E-state index is 13.0. The van der Waals surface area contributed by atoms with Crippen LogP contribution in [0.15, 0.2) is 52.0 Å². The Balaban J connectivity index is 2.53. The van der Waals surface area contributed by atoms with Crippen molar-refractivity contribution >= 4 is 15.5 Å². The first-order valence-electron chi connectivity index (χ1n) is 8.77. The summed E-state index contributed by atoms with van der Waals surface area (Å²) in [6.45, 7) is 7.15. The van der Waals surface area contributed by atoms with Gasteiger partial charge in [-0.05, 0) is 42.2 Å². The fraction of sp³-hybridized carbons (Fsp3) is 0.300. The first-order chi connectivity index (χ1) is 13.3. The fourth-order valence-corrected chi connectivity index (χ4v) is 4.06. The minimum Gasteiger partial charge on any atom is -0.508 e. The highest BCUT2D eigenvalue weighted by molar-refractivity contribution is 7.95. The number of anilines is 1. The van der Waals surface area contributed by atoms with E-state index in [4.69, 9.17) is 16.3 Å². The molecule has 0 aliphatic heterocycles. The van der Waals surface area contributed by atoms with Gasteiger partial charge >= 0.3 is 0 Å². The summed E-state index contributed by atoms with van der Waals surface area (Å²) in [6, 6.07) is 8.35. The molecule has 0 radical (unpaired) electrons. The molecular formula is C20H27N3O5S. The van der Waals surface area contributed by atoms with Crippen LogP contribution in [0.2, 0.25) is 0 Å². The number of nitrogens with zero attached hydrogens (tertiary/aromatic N) is 1. The highest BCUT2D eigenvalue weighted by atomic mass is 32.2. The van der Waals surface area contributed by atoms with Crippen LogP contribution in [0.4, 0.5) is 5.69 Å². The molecule has 0 bridgehead atoms. The van der Waals surface area contributed by atoms with Gasteiger partial charge in [-0.3, -0.25) is 5.01 Å². The van der Waals surface area contributed by atoms with Crippen molar-refractivity contribution in [3.05, 3.63) is 52.7 Å². The summed E-state index contributed by atoms with van der Waals surface area (Å²) < 4.78 is 31.2. The first-order valence-corrected chi connectivity index (χ1v) is 10.3. The highest BCUT2D eigenvalue weighted by Crippen LogP contribution is 2.35. The zero-order chi connectivity index (χ0) is 22.1. The third kappa shape index (κ3) is 4.41. The van der Waals surface area contributed by atoms with E-state index in [2.05, 4.69) is 0 Å². The number of rotatable bonds is 5. The lowest BCUT2D eigenvalue weighted by atomic mass is 9.86. The van der Waals surface area contributed by atoms with Gasteiger partial charge in [-0.15, -0.1) is 0 Å². The molecule has 0 aromatic heterocycles. The zero-order valence-electron chi connectivity index (χ0n) is 17.1. The highest BCUT2D eigenvalue weighted by Gasteiger charge is 2.26. The topological polar surface area (TPSA) is 139 Å². The maximum atomic E-state index is 13.0. The second-order valence-corrected chi connectivity index (χ2v) is 9.53. The fourth-order valence-electron chi connectivity index (χ4n) is 2.80. The molecule has 0 aliphatic rings. The van der Waals surface area contributed by atoms with Crippen molar-refractivity contribution in [1.82, 2.24) is 0 Å². The van der Waals surface area contributed by atoms with Crippen LogP contribution in [-0.2, 0) is 15.3 Å². The molecule has 0 spiro atoms. The van der Waals surface area contributed by atoms with Crippen LogP contribution in [0.25, 0.3) is 0 Å². The van der Waals surface area contributed by atoms with Gasteiger partial charge in [0.1, 0.15) is 22.9 Å². The van der Waals surface area contributed by atoms with Gasteiger partial charge in [0, 0.05) is 6.07 Å². The van der Waals surface area contributed by atoms with Crippen LogP contribution in [0.3, 0.4) is 0 Å². The molecule has 9 heteroatoms. The number of methoxy groups -OCH3 is 1. The van der Waals surface area contributed by atoms with Crippen molar-refractivity contribution in [2.24, 2.45) is 11.6 Å². The summed E-state index contributed by atoms with van der Waals surface area (Å²) in [6.07, 6.45) is 0. The van der Waals surface area contributed by atoms with Gasteiger partial charge in [-0.2, -0.15) is 0 Å². The lowest BCUT2D eigenvalue weighted by Crippen LogP contribution is -2.33.